The molecule has 2 heterocycles. The molecule has 1 aromatic heterocycles. The van der Waals surface area contributed by atoms with Crippen LogP contribution in [0.2, 0.25) is 0 Å². The van der Waals surface area contributed by atoms with Gasteiger partial charge < -0.3 is 9.88 Å². The van der Waals surface area contributed by atoms with Gasteiger partial charge in [0.2, 0.25) is 15.9 Å². The second-order valence-corrected chi connectivity index (χ2v) is 9.13. The van der Waals surface area contributed by atoms with E-state index in [2.05, 4.69) is 10.6 Å². The summed E-state index contributed by atoms with van der Waals surface area (Å²) in [7, 11) is -3.70. The number of imide groups is 1. The average molecular weight is 384 g/mol. The zero-order chi connectivity index (χ0) is 19.5. The first kappa shape index (κ1) is 20.1. The highest BCUT2D eigenvalue weighted by atomic mass is 32.2. The molecule has 0 aliphatic carbocycles. The van der Waals surface area contributed by atoms with Crippen LogP contribution in [0.25, 0.3) is 0 Å². The summed E-state index contributed by atoms with van der Waals surface area (Å²) in [4.78, 5) is 35.6. The minimum atomic E-state index is -3.70. The van der Waals surface area contributed by atoms with E-state index < -0.39 is 39.6 Å². The van der Waals surface area contributed by atoms with Crippen molar-refractivity contribution in [3.05, 3.63) is 28.7 Å². The third-order valence-corrected chi connectivity index (χ3v) is 5.60. The summed E-state index contributed by atoms with van der Waals surface area (Å²) in [6, 6.07) is 1.65. The maximum absolute atomic E-state index is 12.6. The Balaban J connectivity index is 2.14. The van der Waals surface area contributed by atoms with Gasteiger partial charge in [-0.2, -0.15) is 4.31 Å². The number of hydrogen-bond donors (Lipinski definition) is 2. The highest BCUT2D eigenvalue weighted by molar-refractivity contribution is 7.89. The first-order valence-corrected chi connectivity index (χ1v) is 9.76. The fraction of sp³-hybridized carbons (Fsp3) is 0.562. The Morgan fingerprint density at radius 2 is 1.77 bits per heavy atom. The summed E-state index contributed by atoms with van der Waals surface area (Å²) < 4.78 is 27.5. The van der Waals surface area contributed by atoms with E-state index in [9.17, 15) is 22.8 Å². The van der Waals surface area contributed by atoms with Crippen LogP contribution >= 0.6 is 0 Å². The van der Waals surface area contributed by atoms with Crippen LogP contribution in [-0.4, -0.2) is 47.9 Å². The predicted octanol–water partition coefficient (Wildman–Crippen LogP) is 0.257. The molecule has 2 rings (SSSR count). The molecular weight excluding hydrogens is 360 g/mol. The number of carbonyl (C=O) groups excluding carboxylic acids is 2. The zero-order valence-corrected chi connectivity index (χ0v) is 15.9. The lowest BCUT2D eigenvalue weighted by atomic mass is 10.1. The normalized spacial score (nSPS) is 15.7. The van der Waals surface area contributed by atoms with Gasteiger partial charge in [-0.3, -0.25) is 14.9 Å². The highest BCUT2D eigenvalue weighted by Crippen LogP contribution is 2.19. The van der Waals surface area contributed by atoms with Crippen molar-refractivity contribution in [1.82, 2.24) is 19.5 Å². The van der Waals surface area contributed by atoms with Gasteiger partial charge >= 0.3 is 6.03 Å². The summed E-state index contributed by atoms with van der Waals surface area (Å²) in [5.41, 5.74) is -1.05. The van der Waals surface area contributed by atoms with E-state index in [1.54, 1.807) is 20.8 Å². The number of sulfonamides is 1. The van der Waals surface area contributed by atoms with E-state index in [4.69, 9.17) is 0 Å². The first-order valence-electron chi connectivity index (χ1n) is 8.32. The third kappa shape index (κ3) is 5.15. The fourth-order valence-corrected chi connectivity index (χ4v) is 4.09. The molecule has 2 N–H and O–H groups in total. The molecule has 10 heteroatoms. The lowest BCUT2D eigenvalue weighted by Gasteiger charge is -2.20. The Kier molecular flexibility index (Phi) is 5.87. The lowest BCUT2D eigenvalue weighted by Crippen LogP contribution is -2.49. The van der Waals surface area contributed by atoms with Crippen LogP contribution in [0.15, 0.2) is 28.0 Å². The SMILES string of the molecule is CC(C)(C)NC(=O)NC(=O)Cn1cc(S(=O)(=O)N2CCCC2)ccc1=O. The van der Waals surface area contributed by atoms with Gasteiger partial charge in [-0.15, -0.1) is 0 Å². The van der Waals surface area contributed by atoms with Crippen molar-refractivity contribution >= 4 is 22.0 Å². The van der Waals surface area contributed by atoms with Crippen LogP contribution in [-0.2, 0) is 21.4 Å². The van der Waals surface area contributed by atoms with Gasteiger partial charge in [0.05, 0.1) is 4.90 Å². The molecule has 0 atom stereocenters. The van der Waals surface area contributed by atoms with Crippen LogP contribution < -0.4 is 16.2 Å². The standard InChI is InChI=1S/C16H24N4O5S/c1-16(2,3)18-15(23)17-13(21)11-19-10-12(6-7-14(19)22)26(24,25)20-8-4-5-9-20/h6-7,10H,4-5,8-9,11H2,1-3H3,(H2,17,18,21,23). The molecule has 144 valence electrons. The van der Waals surface area contributed by atoms with E-state index in [0.29, 0.717) is 13.1 Å². The average Bonchev–Trinajstić information content (AvgIpc) is 3.02. The fourth-order valence-electron chi connectivity index (χ4n) is 2.56. The first-order chi connectivity index (χ1) is 12.0. The molecule has 1 aliphatic rings. The van der Waals surface area contributed by atoms with Gasteiger partial charge in [-0.1, -0.05) is 0 Å². The number of nitrogens with one attached hydrogen (secondary N) is 2. The van der Waals surface area contributed by atoms with Crippen molar-refractivity contribution in [2.75, 3.05) is 13.1 Å². The maximum atomic E-state index is 12.6. The van der Waals surface area contributed by atoms with Gasteiger partial charge in [-0.05, 0) is 39.7 Å². The lowest BCUT2D eigenvalue weighted by molar-refractivity contribution is -0.120. The van der Waals surface area contributed by atoms with Crippen LogP contribution in [0.4, 0.5) is 4.79 Å². The summed E-state index contributed by atoms with van der Waals surface area (Å²) in [5.74, 6) is -0.718. The second-order valence-electron chi connectivity index (χ2n) is 7.19. The Bertz CT molecular complexity index is 848. The number of pyridine rings is 1. The van der Waals surface area contributed by atoms with Crippen molar-refractivity contribution < 1.29 is 18.0 Å². The highest BCUT2D eigenvalue weighted by Gasteiger charge is 2.27. The number of hydrogen-bond acceptors (Lipinski definition) is 5. The topological polar surface area (TPSA) is 118 Å². The number of urea groups is 1. The molecule has 0 saturated carbocycles. The van der Waals surface area contributed by atoms with Crippen molar-refractivity contribution in [2.24, 2.45) is 0 Å². The Labute approximate surface area is 152 Å². The van der Waals surface area contributed by atoms with Crippen molar-refractivity contribution in [2.45, 2.75) is 50.6 Å². The minimum absolute atomic E-state index is 0.0501. The number of rotatable bonds is 4. The third-order valence-electron chi connectivity index (χ3n) is 3.71. The zero-order valence-electron chi connectivity index (χ0n) is 15.1. The van der Waals surface area contributed by atoms with E-state index >= 15 is 0 Å². The van der Waals surface area contributed by atoms with Crippen LogP contribution in [0.3, 0.4) is 0 Å². The van der Waals surface area contributed by atoms with Crippen LogP contribution in [0.5, 0.6) is 0 Å². The molecule has 0 radical (unpaired) electrons. The van der Waals surface area contributed by atoms with E-state index in [1.807, 2.05) is 0 Å². The van der Waals surface area contributed by atoms with E-state index in [-0.39, 0.29) is 4.90 Å². The van der Waals surface area contributed by atoms with Gasteiger partial charge in [0.1, 0.15) is 6.54 Å². The molecule has 0 aromatic carbocycles. The van der Waals surface area contributed by atoms with Gasteiger partial charge in [0, 0.05) is 30.9 Å². The molecular formula is C16H24N4O5S. The molecule has 3 amide bonds. The van der Waals surface area contributed by atoms with Gasteiger partial charge in [0.25, 0.3) is 5.56 Å². The largest absolute Gasteiger partial charge is 0.333 e. The minimum Gasteiger partial charge on any atom is -0.333 e. The molecule has 0 unspecified atom stereocenters. The smallest absolute Gasteiger partial charge is 0.321 e. The van der Waals surface area contributed by atoms with Crippen molar-refractivity contribution in [3.8, 4) is 0 Å². The Hall–Kier alpha value is -2.20. The molecule has 0 bridgehead atoms. The Morgan fingerprint density at radius 1 is 1.15 bits per heavy atom. The van der Waals surface area contributed by atoms with Gasteiger partial charge in [-0.25, -0.2) is 13.2 Å². The number of carbonyl (C=O) groups is 2. The molecule has 1 saturated heterocycles. The molecule has 9 nitrogen and oxygen atoms in total. The summed E-state index contributed by atoms with van der Waals surface area (Å²) in [6.45, 7) is 5.69. The maximum Gasteiger partial charge on any atom is 0.321 e. The second kappa shape index (κ2) is 7.58. The summed E-state index contributed by atoms with van der Waals surface area (Å²) in [5, 5.41) is 4.68. The van der Waals surface area contributed by atoms with Crippen molar-refractivity contribution in [1.29, 1.82) is 0 Å². The van der Waals surface area contributed by atoms with E-state index in [1.165, 1.54) is 10.4 Å². The Morgan fingerprint density at radius 3 is 2.35 bits per heavy atom. The summed E-state index contributed by atoms with van der Waals surface area (Å²) >= 11 is 0. The summed E-state index contributed by atoms with van der Waals surface area (Å²) in [6.07, 6.45) is 2.73. The van der Waals surface area contributed by atoms with Crippen molar-refractivity contribution in [3.63, 3.8) is 0 Å². The molecule has 1 aliphatic heterocycles. The predicted molar refractivity (Wildman–Crippen MR) is 95.1 cm³/mol. The van der Waals surface area contributed by atoms with Gasteiger partial charge in [0.15, 0.2) is 0 Å². The molecule has 1 aromatic rings. The van der Waals surface area contributed by atoms with Crippen LogP contribution in [0.1, 0.15) is 33.6 Å². The quantitative estimate of drug-likeness (QED) is 0.772. The molecule has 0 spiro atoms. The number of amides is 3. The molecule has 1 fully saturated rings. The monoisotopic (exact) mass is 384 g/mol. The van der Waals surface area contributed by atoms with E-state index in [0.717, 1.165) is 29.7 Å². The van der Waals surface area contributed by atoms with Crippen LogP contribution in [0, 0.1) is 0 Å². The molecule has 26 heavy (non-hydrogen) atoms. The number of nitrogens with zero attached hydrogens (tertiary/aromatic N) is 2. The number of aromatic nitrogens is 1.